The number of carbonyl (C=O) groups excluding carboxylic acids is 1. The van der Waals surface area contributed by atoms with E-state index >= 15 is 0 Å². The molecular weight excluding hydrogens is 385 g/mol. The van der Waals surface area contributed by atoms with Gasteiger partial charge in [-0.25, -0.2) is 14.2 Å². The Balaban J connectivity index is 1.25. The Morgan fingerprint density at radius 1 is 1.43 bits per heavy atom. The monoisotopic (exact) mass is 409 g/mol. The van der Waals surface area contributed by atoms with Gasteiger partial charge in [-0.1, -0.05) is 0 Å². The first-order valence-corrected chi connectivity index (χ1v) is 10.3. The van der Waals surface area contributed by atoms with Gasteiger partial charge >= 0.3 is 6.03 Å². The smallest absolute Gasteiger partial charge is 0.317 e. The quantitative estimate of drug-likeness (QED) is 0.811. The second-order valence-corrected chi connectivity index (χ2v) is 8.83. The largest absolute Gasteiger partial charge is 0.484 e. The van der Waals surface area contributed by atoms with Gasteiger partial charge in [0.05, 0.1) is 47.7 Å². The summed E-state index contributed by atoms with van der Waals surface area (Å²) in [6.45, 7) is 4.73. The Morgan fingerprint density at radius 3 is 2.89 bits per heavy atom. The van der Waals surface area contributed by atoms with E-state index in [1.165, 1.54) is 23.5 Å². The fourth-order valence-corrected chi connectivity index (χ4v) is 4.26. The lowest BCUT2D eigenvalue weighted by Gasteiger charge is -2.41. The maximum atomic E-state index is 13.7. The molecule has 28 heavy (non-hydrogen) atoms. The lowest BCUT2D eigenvalue weighted by atomic mass is 9.93. The SMILES string of the molecule is CC(C)(O)[C@H]1CC[C@H](NC(=O)N2CC(Oc3cc(F)cc4scnc34)C2)CO1. The van der Waals surface area contributed by atoms with E-state index in [-0.39, 0.29) is 30.1 Å². The van der Waals surface area contributed by atoms with Crippen LogP contribution in [-0.2, 0) is 4.74 Å². The number of aliphatic hydroxyl groups is 1. The molecule has 2 amide bonds. The first kappa shape index (κ1) is 19.4. The van der Waals surface area contributed by atoms with Crippen LogP contribution in [0.5, 0.6) is 5.75 Å². The lowest BCUT2D eigenvalue weighted by molar-refractivity contribution is -0.114. The van der Waals surface area contributed by atoms with Gasteiger partial charge in [0.25, 0.3) is 0 Å². The topological polar surface area (TPSA) is 83.9 Å². The maximum Gasteiger partial charge on any atom is 0.317 e. The number of halogens is 1. The lowest BCUT2D eigenvalue weighted by Crippen LogP contribution is -2.61. The van der Waals surface area contributed by atoms with Gasteiger partial charge in [-0.3, -0.25) is 0 Å². The van der Waals surface area contributed by atoms with Crippen molar-refractivity contribution in [3.63, 3.8) is 0 Å². The van der Waals surface area contributed by atoms with Crippen molar-refractivity contribution in [2.45, 2.75) is 50.5 Å². The minimum atomic E-state index is -0.878. The number of amides is 2. The van der Waals surface area contributed by atoms with Crippen molar-refractivity contribution < 1.29 is 23.8 Å². The molecule has 2 saturated heterocycles. The van der Waals surface area contributed by atoms with Crippen molar-refractivity contribution in [3.8, 4) is 5.75 Å². The molecule has 0 radical (unpaired) electrons. The molecule has 0 saturated carbocycles. The van der Waals surface area contributed by atoms with Crippen molar-refractivity contribution >= 4 is 27.6 Å². The molecule has 2 aliphatic rings. The van der Waals surface area contributed by atoms with Crippen molar-refractivity contribution in [2.75, 3.05) is 19.7 Å². The predicted molar refractivity (Wildman–Crippen MR) is 103 cm³/mol. The van der Waals surface area contributed by atoms with Gasteiger partial charge in [0.15, 0.2) is 0 Å². The van der Waals surface area contributed by atoms with Crippen LogP contribution in [0, 0.1) is 5.82 Å². The first-order chi connectivity index (χ1) is 13.3. The molecule has 0 bridgehead atoms. The normalized spacial score (nSPS) is 23.5. The summed E-state index contributed by atoms with van der Waals surface area (Å²) in [4.78, 5) is 18.3. The van der Waals surface area contributed by atoms with E-state index in [9.17, 15) is 14.3 Å². The van der Waals surface area contributed by atoms with Crippen LogP contribution < -0.4 is 10.1 Å². The van der Waals surface area contributed by atoms with Crippen molar-refractivity contribution in [2.24, 2.45) is 0 Å². The summed E-state index contributed by atoms with van der Waals surface area (Å²) in [7, 11) is 0. The van der Waals surface area contributed by atoms with E-state index in [4.69, 9.17) is 9.47 Å². The molecule has 0 unspecified atom stereocenters. The Morgan fingerprint density at radius 2 is 2.21 bits per heavy atom. The summed E-state index contributed by atoms with van der Waals surface area (Å²) in [5, 5.41) is 13.0. The summed E-state index contributed by atoms with van der Waals surface area (Å²) in [5.41, 5.74) is 1.43. The van der Waals surface area contributed by atoms with Gasteiger partial charge in [0.1, 0.15) is 23.2 Å². The maximum absolute atomic E-state index is 13.7. The van der Waals surface area contributed by atoms with Crippen molar-refractivity contribution in [1.29, 1.82) is 0 Å². The van der Waals surface area contributed by atoms with Crippen LogP contribution in [0.15, 0.2) is 17.6 Å². The number of nitrogens with one attached hydrogen (secondary N) is 1. The molecule has 0 aliphatic carbocycles. The second kappa shape index (κ2) is 7.46. The van der Waals surface area contributed by atoms with Crippen LogP contribution >= 0.6 is 11.3 Å². The van der Waals surface area contributed by atoms with Crippen LogP contribution in [0.4, 0.5) is 9.18 Å². The minimum Gasteiger partial charge on any atom is -0.484 e. The van der Waals surface area contributed by atoms with E-state index in [2.05, 4.69) is 10.3 Å². The molecule has 4 rings (SSSR count). The van der Waals surface area contributed by atoms with Gasteiger partial charge in [-0.15, -0.1) is 11.3 Å². The van der Waals surface area contributed by atoms with Crippen LogP contribution in [0.25, 0.3) is 10.2 Å². The van der Waals surface area contributed by atoms with E-state index in [0.717, 1.165) is 11.1 Å². The predicted octanol–water partition coefficient (Wildman–Crippen LogP) is 2.53. The highest BCUT2D eigenvalue weighted by molar-refractivity contribution is 7.16. The van der Waals surface area contributed by atoms with Crippen molar-refractivity contribution in [3.05, 3.63) is 23.5 Å². The van der Waals surface area contributed by atoms with Gasteiger partial charge < -0.3 is 24.8 Å². The number of likely N-dealkylation sites (tertiary alicyclic amines) is 1. The van der Waals surface area contributed by atoms with Gasteiger partial charge in [0.2, 0.25) is 0 Å². The summed E-state index contributed by atoms with van der Waals surface area (Å²) in [5.74, 6) is 0.0574. The summed E-state index contributed by atoms with van der Waals surface area (Å²) >= 11 is 1.36. The van der Waals surface area contributed by atoms with Crippen LogP contribution in [0.2, 0.25) is 0 Å². The fraction of sp³-hybridized carbons (Fsp3) is 0.579. The highest BCUT2D eigenvalue weighted by Gasteiger charge is 2.36. The number of urea groups is 1. The summed E-state index contributed by atoms with van der Waals surface area (Å²) in [6, 6.07) is 2.55. The molecule has 2 fully saturated rings. The minimum absolute atomic E-state index is 0.0658. The zero-order valence-electron chi connectivity index (χ0n) is 15.9. The second-order valence-electron chi connectivity index (χ2n) is 7.95. The molecule has 2 atom stereocenters. The molecule has 1 aromatic carbocycles. The Labute approximate surface area is 166 Å². The molecule has 7 nitrogen and oxygen atoms in total. The van der Waals surface area contributed by atoms with Gasteiger partial charge in [-0.2, -0.15) is 0 Å². The number of ether oxygens (including phenoxy) is 2. The number of hydrogen-bond acceptors (Lipinski definition) is 6. The zero-order chi connectivity index (χ0) is 19.9. The van der Waals surface area contributed by atoms with E-state index in [1.807, 2.05) is 0 Å². The van der Waals surface area contributed by atoms with Crippen LogP contribution in [0.1, 0.15) is 26.7 Å². The van der Waals surface area contributed by atoms with E-state index < -0.39 is 5.60 Å². The number of aromatic nitrogens is 1. The molecule has 9 heteroatoms. The number of thiazole rings is 1. The standard InChI is InChI=1S/C19H24FN3O4S/c1-19(2,25)16-4-3-12(9-26-16)22-18(24)23-7-13(8-23)27-14-5-11(20)6-15-17(14)21-10-28-15/h5-6,10,12-13,16,25H,3-4,7-9H2,1-2H3,(H,22,24)/t12-,16+/m0/s1. The number of carbonyl (C=O) groups is 1. The number of benzene rings is 1. The van der Waals surface area contributed by atoms with E-state index in [1.54, 1.807) is 24.3 Å². The zero-order valence-corrected chi connectivity index (χ0v) is 16.7. The molecular formula is C19H24FN3O4S. The third-order valence-corrected chi connectivity index (χ3v) is 5.96. The fourth-order valence-electron chi connectivity index (χ4n) is 3.54. The number of fused-ring (bicyclic) bond motifs is 1. The third-order valence-electron chi connectivity index (χ3n) is 5.19. The van der Waals surface area contributed by atoms with Crippen LogP contribution in [-0.4, -0.2) is 64.6 Å². The number of nitrogens with zero attached hydrogens (tertiary/aromatic N) is 2. The Kier molecular flexibility index (Phi) is 5.15. The molecule has 2 aliphatic heterocycles. The molecule has 2 N–H and O–H groups in total. The summed E-state index contributed by atoms with van der Waals surface area (Å²) < 4.78 is 26.0. The van der Waals surface area contributed by atoms with E-state index in [0.29, 0.717) is 37.4 Å². The highest BCUT2D eigenvalue weighted by Crippen LogP contribution is 2.30. The Bertz CT molecular complexity index is 854. The Hall–Kier alpha value is -1.97. The molecule has 152 valence electrons. The van der Waals surface area contributed by atoms with Gasteiger partial charge in [-0.05, 0) is 32.8 Å². The average Bonchev–Trinajstić information content (AvgIpc) is 3.05. The number of rotatable bonds is 4. The molecule has 2 aromatic rings. The average molecular weight is 409 g/mol. The highest BCUT2D eigenvalue weighted by atomic mass is 32.1. The van der Waals surface area contributed by atoms with Crippen LogP contribution in [0.3, 0.4) is 0 Å². The summed E-state index contributed by atoms with van der Waals surface area (Å²) in [6.07, 6.45) is 1.07. The molecule has 0 spiro atoms. The van der Waals surface area contributed by atoms with Gasteiger partial charge in [0, 0.05) is 6.07 Å². The number of hydrogen-bond donors (Lipinski definition) is 2. The third kappa shape index (κ3) is 4.06. The van der Waals surface area contributed by atoms with Crippen molar-refractivity contribution in [1.82, 2.24) is 15.2 Å². The molecule has 1 aromatic heterocycles. The first-order valence-electron chi connectivity index (χ1n) is 9.38. The molecule has 3 heterocycles.